The average molecular weight is 1870 g/mol. The Morgan fingerprint density at radius 2 is 0.602 bits per heavy atom. The molecule has 17 heterocycles. The van der Waals surface area contributed by atoms with Gasteiger partial charge >= 0.3 is 0 Å². The minimum atomic E-state index is -0.582. The van der Waals surface area contributed by atoms with Crippen LogP contribution in [0.25, 0.3) is 112 Å². The molecule has 0 unspecified atom stereocenters. The minimum absolute atomic E-state index is 0.0267. The number of nitrogens with two attached hydrogens (primary N) is 3. The number of aromatic amines is 5. The Kier molecular flexibility index (Phi) is 27.4. The van der Waals surface area contributed by atoms with Crippen molar-refractivity contribution >= 4 is 166 Å². The second-order valence-corrected chi connectivity index (χ2v) is 36.5. The predicted octanol–water partition coefficient (Wildman–Crippen LogP) is 18.5. The van der Waals surface area contributed by atoms with Crippen LogP contribution >= 0.6 is 81.2 Å². The predicted molar refractivity (Wildman–Crippen MR) is 509 cm³/mol. The quantitative estimate of drug-likeness (QED) is 0.0430. The Balaban J connectivity index is 0.000000117. The third kappa shape index (κ3) is 19.5. The van der Waals surface area contributed by atoms with E-state index in [0.717, 1.165) is 204 Å². The Hall–Kier alpha value is -10.5. The van der Waals surface area contributed by atoms with E-state index in [2.05, 4.69) is 165 Å². The molecule has 0 atom stereocenters. The molecule has 0 spiro atoms. The van der Waals surface area contributed by atoms with Crippen LogP contribution in [0, 0.1) is 11.2 Å². The van der Waals surface area contributed by atoms with E-state index < -0.39 is 11.4 Å². The van der Waals surface area contributed by atoms with E-state index in [4.69, 9.17) is 103 Å². The minimum Gasteiger partial charge on any atom is -0.390 e. The highest BCUT2D eigenvalue weighted by molar-refractivity contribution is 6.44. The lowest BCUT2D eigenvalue weighted by Gasteiger charge is -2.39. The van der Waals surface area contributed by atoms with Crippen LogP contribution in [-0.4, -0.2) is 204 Å². The van der Waals surface area contributed by atoms with Gasteiger partial charge in [-0.15, -0.1) is 0 Å². The van der Waals surface area contributed by atoms with Gasteiger partial charge in [0.05, 0.1) is 90.2 Å². The average Bonchev–Trinajstić information content (AvgIpc) is 1.62. The molecule has 668 valence electrons. The number of fused-ring (bicyclic) bond motifs is 5. The number of anilines is 5. The standard InChI is InChI=1S/2C18H20Cl2N6.C18H19ClFN5O.C18H21ClN6.C17H20ClN7/c2*1-2-18(21)6-8-26(9-7-18)13-10-22-16-15(24-25-17(16)23-13)11-4-3-5-12(19)14(11)20;1-2-18(26)6-8-25(9-7-18)13-10-21-16-15(23-24-17(16)22-13)11-4-3-5-12(20)14(11)19;1-3-18(2)6-9-25(10-7-18)13-11-21-15-14(23-24-17(15)22-13)12-5-4-8-20-16(12)19;1-2-17(19)5-8-25(9-6-17)12-10-21-14-13(23-24-16(14)22-12)11-4-3-7-20-15(11)18/h2*3-5,10H,2,6-9,21H2,1H3,(H,23,24,25);3-5,10,26H,2,6-9H2,1H3,(H,22,23,24);4-5,8,11H,3,6-7,9-10H2,1-2H3,(H,22,23,24);3-4,7,10H,2,5-6,8-9,19H2,1H3,(H,22,23,24). The third-order valence-corrected chi connectivity index (χ3v) is 28.8. The molecule has 5 aliphatic rings. The second-order valence-electron chi connectivity index (χ2n) is 33.8. The van der Waals surface area contributed by atoms with Crippen molar-refractivity contribution in [1.29, 1.82) is 0 Å². The first-order valence-electron chi connectivity index (χ1n) is 43.2. The Bertz CT molecular complexity index is 5900. The van der Waals surface area contributed by atoms with E-state index in [9.17, 15) is 9.50 Å². The molecule has 3 aromatic carbocycles. The zero-order valence-corrected chi connectivity index (χ0v) is 77.1. The normalized spacial score (nSPS) is 17.1. The summed E-state index contributed by atoms with van der Waals surface area (Å²) in [6.45, 7) is 21.8. The summed E-state index contributed by atoms with van der Waals surface area (Å²) >= 11 is 43.4. The lowest BCUT2D eigenvalue weighted by atomic mass is 9.78. The van der Waals surface area contributed by atoms with Crippen LogP contribution in [-0.2, 0) is 0 Å². The van der Waals surface area contributed by atoms with Gasteiger partial charge in [-0.1, -0.05) is 166 Å². The van der Waals surface area contributed by atoms with Crippen LogP contribution in [0.15, 0.2) is 122 Å². The summed E-state index contributed by atoms with van der Waals surface area (Å²) < 4.78 is 13.7. The zero-order valence-electron chi connectivity index (χ0n) is 71.8. The smallest absolute Gasteiger partial charge is 0.202 e. The molecular weight excluding hydrogens is 1770 g/mol. The number of hydrogen-bond acceptors (Lipinski definition) is 26. The molecule has 128 heavy (non-hydrogen) atoms. The maximum Gasteiger partial charge on any atom is 0.202 e. The number of hydrogen-bond donors (Lipinski definition) is 9. The van der Waals surface area contributed by atoms with Gasteiger partial charge in [0.2, 0.25) is 28.2 Å². The molecule has 0 bridgehead atoms. The number of nitrogens with one attached hydrogen (secondary N) is 5. The highest BCUT2D eigenvalue weighted by Crippen LogP contribution is 2.42. The van der Waals surface area contributed by atoms with E-state index >= 15 is 0 Å². The van der Waals surface area contributed by atoms with Crippen LogP contribution in [0.1, 0.15) is 138 Å². The summed E-state index contributed by atoms with van der Waals surface area (Å²) in [4.78, 5) is 65.4. The first-order valence-corrected chi connectivity index (χ1v) is 45.8. The number of H-pyrrole nitrogens is 5. The highest BCUT2D eigenvalue weighted by atomic mass is 35.5. The number of pyridine rings is 2. The van der Waals surface area contributed by atoms with Crippen molar-refractivity contribution in [3.05, 3.63) is 163 Å². The van der Waals surface area contributed by atoms with Crippen LogP contribution in [0.4, 0.5) is 33.5 Å². The molecule has 0 amide bonds. The highest BCUT2D eigenvalue weighted by Gasteiger charge is 2.36. The Morgan fingerprint density at radius 3 is 0.883 bits per heavy atom. The lowest BCUT2D eigenvalue weighted by Crippen LogP contribution is -2.50. The summed E-state index contributed by atoms with van der Waals surface area (Å²) in [7, 11) is 0. The fraction of sp³-hybridized carbons (Fsp3) is 0.404. The van der Waals surface area contributed by atoms with E-state index in [0.29, 0.717) is 116 Å². The van der Waals surface area contributed by atoms with Gasteiger partial charge in [-0.05, 0) is 138 Å². The fourth-order valence-electron chi connectivity index (χ4n) is 16.6. The number of aromatic nitrogens is 22. The molecule has 0 aliphatic carbocycles. The first kappa shape index (κ1) is 90.8. The lowest BCUT2D eigenvalue weighted by molar-refractivity contribution is 0.0124. The van der Waals surface area contributed by atoms with Gasteiger partial charge in [0.25, 0.3) is 0 Å². The van der Waals surface area contributed by atoms with E-state index in [-0.39, 0.29) is 21.6 Å². The Labute approximate surface area is 773 Å². The van der Waals surface area contributed by atoms with E-state index in [1.54, 1.807) is 61.4 Å². The zero-order chi connectivity index (χ0) is 89.8. The SMILES string of the molecule is CCC1(C)CCN(c2cnc3c(-c4cccnc4Cl)[nH]nc3n2)CC1.CCC1(N)CCN(c2cnc3c(-c4cccc(Cl)c4Cl)[nH]nc3n2)CC1.CCC1(N)CCN(c2cnc3c(-c4cccc(Cl)c4Cl)[nH]nc3n2)CC1.CCC1(N)CCN(c2cnc3c(-c4cccnc4Cl)[nH]nc3n2)CC1.CCC1(O)CCN(c2cnc3c(-c4cccc(F)c4Cl)[nH]nc3n2)CC1. The van der Waals surface area contributed by atoms with Crippen LogP contribution in [0.2, 0.25) is 35.4 Å². The number of piperidine rings is 5. The number of aliphatic hydroxyl groups is 1. The summed E-state index contributed by atoms with van der Waals surface area (Å²) in [6.07, 6.45) is 26.7. The van der Waals surface area contributed by atoms with Crippen molar-refractivity contribution in [3.8, 4) is 56.3 Å². The van der Waals surface area contributed by atoms with Gasteiger partial charge < -0.3 is 46.8 Å². The van der Waals surface area contributed by atoms with Gasteiger partial charge in [0, 0.05) is 122 Å². The molecule has 39 heteroatoms. The molecular formula is C89H100Cl7FN30O. The van der Waals surface area contributed by atoms with Gasteiger partial charge in [-0.3, -0.25) is 25.5 Å². The van der Waals surface area contributed by atoms with Crippen molar-refractivity contribution in [3.63, 3.8) is 0 Å². The van der Waals surface area contributed by atoms with E-state index in [1.807, 2.05) is 61.7 Å². The molecule has 0 saturated carbocycles. The van der Waals surface area contributed by atoms with Crippen LogP contribution in [0.5, 0.6) is 0 Å². The molecule has 0 radical (unpaired) electrons. The molecule has 20 rings (SSSR count). The van der Waals surface area contributed by atoms with Crippen molar-refractivity contribution in [1.82, 2.24) is 111 Å². The second kappa shape index (κ2) is 38.7. The van der Waals surface area contributed by atoms with Gasteiger partial charge in [-0.25, -0.2) is 64.2 Å². The summed E-state index contributed by atoms with van der Waals surface area (Å²) in [5.74, 6) is 3.60. The maximum atomic E-state index is 13.7. The molecule has 15 aromatic rings. The molecule has 31 nitrogen and oxygen atoms in total. The molecule has 5 fully saturated rings. The maximum absolute atomic E-state index is 13.7. The number of halogens is 8. The van der Waals surface area contributed by atoms with Crippen molar-refractivity contribution in [2.24, 2.45) is 22.6 Å². The summed E-state index contributed by atoms with van der Waals surface area (Å²) in [6, 6.07) is 23.0. The molecule has 12 N–H and O–H groups in total. The Morgan fingerprint density at radius 1 is 0.336 bits per heavy atom. The van der Waals surface area contributed by atoms with Gasteiger partial charge in [0.15, 0.2) is 0 Å². The van der Waals surface area contributed by atoms with Crippen LogP contribution in [0.3, 0.4) is 0 Å². The third-order valence-electron chi connectivity index (χ3n) is 26.2. The molecule has 5 aliphatic heterocycles. The number of rotatable bonds is 15. The summed E-state index contributed by atoms with van der Waals surface area (Å²) in [5.41, 5.74) is 31.9. The number of benzene rings is 3. The molecule has 5 saturated heterocycles. The van der Waals surface area contributed by atoms with Crippen molar-refractivity contribution in [2.45, 2.75) is 160 Å². The summed E-state index contributed by atoms with van der Waals surface area (Å²) in [5, 5.41) is 49.5. The van der Waals surface area contributed by atoms with Crippen molar-refractivity contribution in [2.75, 3.05) is 89.9 Å². The van der Waals surface area contributed by atoms with Gasteiger partial charge in [-0.2, -0.15) is 25.5 Å². The monoisotopic (exact) mass is 1870 g/mol. The molecule has 12 aromatic heterocycles. The van der Waals surface area contributed by atoms with E-state index in [1.165, 1.54) is 25.3 Å². The largest absolute Gasteiger partial charge is 0.390 e. The first-order chi connectivity index (χ1) is 61.7. The fourth-order valence-corrected chi connectivity index (χ4v) is 18.0. The van der Waals surface area contributed by atoms with Crippen LogP contribution < -0.4 is 41.7 Å². The van der Waals surface area contributed by atoms with Crippen molar-refractivity contribution < 1.29 is 9.50 Å². The number of nitrogens with zero attached hydrogens (tertiary/aromatic N) is 22. The topological polar surface area (TPSA) is 413 Å². The van der Waals surface area contributed by atoms with Gasteiger partial charge in [0.1, 0.15) is 72.8 Å².